The van der Waals surface area contributed by atoms with Crippen LogP contribution in [0.2, 0.25) is 0 Å². The van der Waals surface area contributed by atoms with E-state index in [1.807, 2.05) is 11.9 Å². The minimum Gasteiger partial charge on any atom is -0.396 e. The number of aliphatic hydroxyl groups is 1. The lowest BCUT2D eigenvalue weighted by Gasteiger charge is -2.24. The first-order valence-corrected chi connectivity index (χ1v) is 14.8. The third-order valence-electron chi connectivity index (χ3n) is 6.53. The molecule has 39 heavy (non-hydrogen) atoms. The van der Waals surface area contributed by atoms with E-state index in [0.29, 0.717) is 45.6 Å². The van der Waals surface area contributed by atoms with Gasteiger partial charge in [-0.3, -0.25) is 20.4 Å². The van der Waals surface area contributed by atoms with Crippen molar-refractivity contribution in [2.45, 2.75) is 89.9 Å². The number of hydrogen-bond donors (Lipinski definition) is 8. The largest absolute Gasteiger partial charge is 0.396 e. The number of carbonyl (C=O) groups is 2. The highest BCUT2D eigenvalue weighted by molar-refractivity contribution is 5.79. The van der Waals surface area contributed by atoms with E-state index in [1.54, 1.807) is 0 Å². The Kier molecular flexibility index (Phi) is 24.0. The minimum absolute atomic E-state index is 0.0119. The van der Waals surface area contributed by atoms with Crippen LogP contribution in [-0.4, -0.2) is 98.1 Å². The first-order valence-electron chi connectivity index (χ1n) is 14.8. The molecule has 10 N–H and O–H groups in total. The van der Waals surface area contributed by atoms with Gasteiger partial charge in [-0.05, 0) is 52.1 Å². The second-order valence-corrected chi connectivity index (χ2v) is 10.2. The molecule has 0 aromatic carbocycles. The Morgan fingerprint density at radius 2 is 1.13 bits per heavy atom. The van der Waals surface area contributed by atoms with E-state index in [0.717, 1.165) is 90.1 Å². The highest BCUT2D eigenvalue weighted by atomic mass is 16.3. The molecule has 0 aromatic heterocycles. The maximum absolute atomic E-state index is 13.0. The van der Waals surface area contributed by atoms with Crippen LogP contribution in [0.1, 0.15) is 89.9 Å². The summed E-state index contributed by atoms with van der Waals surface area (Å²) in [6.45, 7) is 4.95. The fourth-order valence-electron chi connectivity index (χ4n) is 4.15. The summed E-state index contributed by atoms with van der Waals surface area (Å²) in [5, 5.41) is 31.8. The molecule has 0 fully saturated rings. The number of aliphatic hydroxyl groups excluding tert-OH is 1. The number of nitrogens with zero attached hydrogens (tertiary/aromatic N) is 2. The summed E-state index contributed by atoms with van der Waals surface area (Å²) in [4.78, 5) is 29.4. The molecule has 0 saturated heterocycles. The maximum atomic E-state index is 13.0. The van der Waals surface area contributed by atoms with E-state index in [-0.39, 0.29) is 30.3 Å². The number of nitrogens with two attached hydrogens (primary N) is 2. The summed E-state index contributed by atoms with van der Waals surface area (Å²) in [7, 11) is 2.04. The molecule has 0 saturated carbocycles. The number of carbonyl (C=O) groups excluding carboxylic acids is 2. The van der Waals surface area contributed by atoms with Gasteiger partial charge in [0.05, 0.1) is 0 Å². The normalized spacial score (nSPS) is 10.8. The second-order valence-electron chi connectivity index (χ2n) is 10.2. The first-order chi connectivity index (χ1) is 18.8. The summed E-state index contributed by atoms with van der Waals surface area (Å²) >= 11 is 0. The van der Waals surface area contributed by atoms with Crippen molar-refractivity contribution in [3.05, 3.63) is 0 Å². The monoisotopic (exact) mass is 555 g/mol. The van der Waals surface area contributed by atoms with Crippen LogP contribution < -0.4 is 27.4 Å². The highest BCUT2D eigenvalue weighted by Crippen LogP contribution is 2.07. The molecule has 0 atom stereocenters. The molecule has 12 heteroatoms. The average Bonchev–Trinajstić information content (AvgIpc) is 2.89. The number of rotatable bonds is 26. The van der Waals surface area contributed by atoms with Gasteiger partial charge in [0.15, 0.2) is 11.9 Å². The zero-order valence-electron chi connectivity index (χ0n) is 24.4. The van der Waals surface area contributed by atoms with Gasteiger partial charge in [-0.2, -0.15) is 0 Å². The van der Waals surface area contributed by atoms with E-state index in [1.165, 1.54) is 0 Å². The molecule has 0 aromatic rings. The Balaban J connectivity index is 4.38. The van der Waals surface area contributed by atoms with Crippen LogP contribution in [-0.2, 0) is 9.59 Å². The van der Waals surface area contributed by atoms with Gasteiger partial charge in [-0.15, -0.1) is 0 Å². The third kappa shape index (κ3) is 25.4. The summed E-state index contributed by atoms with van der Waals surface area (Å²) in [5.41, 5.74) is 10.6. The van der Waals surface area contributed by atoms with Crippen molar-refractivity contribution >= 4 is 23.7 Å². The maximum Gasteiger partial charge on any atom is 0.223 e. The Morgan fingerprint density at radius 3 is 1.67 bits per heavy atom. The first kappa shape index (κ1) is 36.4. The molecule has 0 aliphatic carbocycles. The number of unbranched alkanes of at least 4 members (excludes halogenated alkanes) is 9. The van der Waals surface area contributed by atoms with Gasteiger partial charge in [-0.1, -0.05) is 38.5 Å². The molecule has 228 valence electrons. The standard InChI is InChI=1S/C27H57N9O3/c1-35(19-11-5-2-9-17-33-26(28)29)21-15-25(39)36(20-12-6-3-10-18-34-27(30)31)22-14-24(38)32-16-8-4-7-13-23-37/h37H,2-23H2,1H3,(H,32,38)(H4,28,29,33)(H4,30,31,34). The zero-order valence-corrected chi connectivity index (χ0v) is 24.4. The summed E-state index contributed by atoms with van der Waals surface area (Å²) in [6, 6.07) is 0. The summed E-state index contributed by atoms with van der Waals surface area (Å²) in [5.74, 6) is 0.0663. The molecule has 0 unspecified atom stereocenters. The van der Waals surface area contributed by atoms with Crippen LogP contribution in [0.4, 0.5) is 0 Å². The highest BCUT2D eigenvalue weighted by Gasteiger charge is 2.15. The Morgan fingerprint density at radius 1 is 0.641 bits per heavy atom. The molecule has 0 radical (unpaired) electrons. The Labute approximate surface area is 236 Å². The van der Waals surface area contributed by atoms with Crippen LogP contribution in [0, 0.1) is 10.8 Å². The molecule has 0 aliphatic heterocycles. The topological polar surface area (TPSA) is 197 Å². The van der Waals surface area contributed by atoms with Crippen molar-refractivity contribution in [2.24, 2.45) is 11.5 Å². The molecule has 0 aliphatic rings. The van der Waals surface area contributed by atoms with Crippen LogP contribution in [0.5, 0.6) is 0 Å². The van der Waals surface area contributed by atoms with Crippen LogP contribution in [0.25, 0.3) is 0 Å². The predicted molar refractivity (Wildman–Crippen MR) is 159 cm³/mol. The number of amides is 2. The van der Waals surface area contributed by atoms with Crippen LogP contribution in [0.15, 0.2) is 0 Å². The fourth-order valence-corrected chi connectivity index (χ4v) is 4.15. The molecular formula is C27H57N9O3. The molecule has 0 bridgehead atoms. The molecule has 0 heterocycles. The van der Waals surface area contributed by atoms with Gasteiger partial charge in [-0.25, -0.2) is 0 Å². The predicted octanol–water partition coefficient (Wildman–Crippen LogP) is 1.28. The van der Waals surface area contributed by atoms with Crippen molar-refractivity contribution < 1.29 is 14.7 Å². The lowest BCUT2D eigenvalue weighted by molar-refractivity contribution is -0.132. The summed E-state index contributed by atoms with van der Waals surface area (Å²) < 4.78 is 0. The number of nitrogens with one attached hydrogen (secondary N) is 5. The van der Waals surface area contributed by atoms with E-state index >= 15 is 0 Å². The van der Waals surface area contributed by atoms with Gasteiger partial charge in [0, 0.05) is 58.7 Å². The lowest BCUT2D eigenvalue weighted by Crippen LogP contribution is -2.37. The third-order valence-corrected chi connectivity index (χ3v) is 6.53. The van der Waals surface area contributed by atoms with Gasteiger partial charge >= 0.3 is 0 Å². The van der Waals surface area contributed by atoms with Gasteiger partial charge in [0.1, 0.15) is 0 Å². The van der Waals surface area contributed by atoms with Crippen LogP contribution in [0.3, 0.4) is 0 Å². The fraction of sp³-hybridized carbons (Fsp3) is 0.852. The number of guanidine groups is 2. The molecule has 2 amide bonds. The minimum atomic E-state index is -0.0270. The molecule has 0 rings (SSSR count). The average molecular weight is 556 g/mol. The van der Waals surface area contributed by atoms with Crippen LogP contribution >= 0.6 is 0 Å². The van der Waals surface area contributed by atoms with Crippen molar-refractivity contribution in [1.29, 1.82) is 10.8 Å². The quantitative estimate of drug-likeness (QED) is 0.0443. The van der Waals surface area contributed by atoms with Gasteiger partial charge < -0.3 is 42.3 Å². The molecular weight excluding hydrogens is 498 g/mol. The van der Waals surface area contributed by atoms with E-state index < -0.39 is 0 Å². The van der Waals surface area contributed by atoms with Crippen molar-refractivity contribution in [1.82, 2.24) is 25.8 Å². The van der Waals surface area contributed by atoms with Gasteiger partial charge in [0.2, 0.25) is 11.8 Å². The summed E-state index contributed by atoms with van der Waals surface area (Å²) in [6.07, 6.45) is 12.4. The van der Waals surface area contributed by atoms with E-state index in [4.69, 9.17) is 27.4 Å². The van der Waals surface area contributed by atoms with E-state index in [2.05, 4.69) is 20.9 Å². The molecule has 0 spiro atoms. The Hall–Kier alpha value is -2.60. The SMILES string of the molecule is CN(CCCCCCNC(=N)N)CCC(=O)N(CCCCCCNC(=N)N)CCC(=O)NCCCCCCO. The van der Waals surface area contributed by atoms with Crippen molar-refractivity contribution in [3.63, 3.8) is 0 Å². The van der Waals surface area contributed by atoms with Crippen molar-refractivity contribution in [3.8, 4) is 0 Å². The smallest absolute Gasteiger partial charge is 0.223 e. The Bertz CT molecular complexity index is 664. The van der Waals surface area contributed by atoms with Gasteiger partial charge in [0.25, 0.3) is 0 Å². The lowest BCUT2D eigenvalue weighted by atomic mass is 10.1. The van der Waals surface area contributed by atoms with Crippen molar-refractivity contribution in [2.75, 3.05) is 59.5 Å². The van der Waals surface area contributed by atoms with E-state index in [9.17, 15) is 9.59 Å². The second kappa shape index (κ2) is 25.7. The zero-order chi connectivity index (χ0) is 29.1. The number of hydrogen-bond acceptors (Lipinski definition) is 6. The molecule has 12 nitrogen and oxygen atoms in total.